The average molecular weight is 389 g/mol. The van der Waals surface area contributed by atoms with Gasteiger partial charge in [0.05, 0.1) is 7.11 Å². The topological polar surface area (TPSA) is 67.8 Å². The molecule has 0 aliphatic carbocycles. The Kier molecular flexibility index (Phi) is 6.72. The zero-order valence-electron chi connectivity index (χ0n) is 16.2. The van der Waals surface area contributed by atoms with Gasteiger partial charge in [-0.1, -0.05) is 48.4 Å². The quantitative estimate of drug-likeness (QED) is 0.581. The largest absolute Gasteiger partial charge is 0.493 e. The summed E-state index contributed by atoms with van der Waals surface area (Å²) in [5.74, 6) is 3.14. The smallest absolute Gasteiger partial charge is 0.253 e. The Bertz CT molecular complexity index is 1040. The Morgan fingerprint density at radius 2 is 1.90 bits per heavy atom. The van der Waals surface area contributed by atoms with Crippen molar-refractivity contribution in [2.75, 3.05) is 20.3 Å². The lowest BCUT2D eigenvalue weighted by Gasteiger charge is -2.13. The molecule has 3 rings (SSSR count). The molecule has 29 heavy (non-hydrogen) atoms. The van der Waals surface area contributed by atoms with Crippen LogP contribution in [0.4, 0.5) is 0 Å². The second kappa shape index (κ2) is 9.63. The van der Waals surface area contributed by atoms with Crippen LogP contribution in [-0.4, -0.2) is 31.3 Å². The molecule has 3 aromatic carbocycles. The number of hydrogen-bond donors (Lipinski definition) is 2. The van der Waals surface area contributed by atoms with Crippen LogP contribution in [-0.2, 0) is 11.2 Å². The molecule has 0 spiro atoms. The van der Waals surface area contributed by atoms with E-state index in [1.807, 2.05) is 48.5 Å². The fourth-order valence-corrected chi connectivity index (χ4v) is 3.06. The van der Waals surface area contributed by atoms with Gasteiger partial charge in [-0.15, -0.1) is 6.42 Å². The number of ether oxygens (including phenoxy) is 2. The minimum atomic E-state index is -1.21. The summed E-state index contributed by atoms with van der Waals surface area (Å²) in [5.41, 5.74) is 1.54. The van der Waals surface area contributed by atoms with E-state index in [1.54, 1.807) is 19.2 Å². The molecule has 5 heteroatoms. The van der Waals surface area contributed by atoms with Crippen LogP contribution in [0.15, 0.2) is 60.7 Å². The fraction of sp³-hybridized carbons (Fsp3) is 0.208. The second-order valence-electron chi connectivity index (χ2n) is 6.53. The number of carbonyl (C=O) groups excluding carboxylic acids is 1. The number of fused-ring (bicyclic) bond motifs is 1. The molecule has 148 valence electrons. The maximum absolute atomic E-state index is 12.3. The van der Waals surface area contributed by atoms with Crippen molar-refractivity contribution in [2.45, 2.75) is 12.5 Å². The number of nitrogens with one attached hydrogen (secondary N) is 1. The van der Waals surface area contributed by atoms with Crippen LogP contribution >= 0.6 is 0 Å². The van der Waals surface area contributed by atoms with Crippen molar-refractivity contribution < 1.29 is 19.4 Å². The van der Waals surface area contributed by atoms with Crippen molar-refractivity contribution in [3.8, 4) is 23.8 Å². The lowest BCUT2D eigenvalue weighted by Crippen LogP contribution is -2.31. The molecule has 0 radical (unpaired) electrons. The molecule has 0 saturated carbocycles. The number of aliphatic hydroxyl groups excluding tert-OH is 1. The highest BCUT2D eigenvalue weighted by Crippen LogP contribution is 2.28. The van der Waals surface area contributed by atoms with E-state index >= 15 is 0 Å². The van der Waals surface area contributed by atoms with E-state index in [1.165, 1.54) is 0 Å². The molecular weight excluding hydrogens is 366 g/mol. The number of aliphatic hydroxyl groups is 1. The third kappa shape index (κ3) is 5.07. The Hall–Kier alpha value is -3.49. The van der Waals surface area contributed by atoms with Crippen molar-refractivity contribution in [3.63, 3.8) is 0 Å². The van der Waals surface area contributed by atoms with Gasteiger partial charge in [0.15, 0.2) is 17.6 Å². The van der Waals surface area contributed by atoms with Crippen molar-refractivity contribution in [3.05, 3.63) is 71.8 Å². The third-order valence-electron chi connectivity index (χ3n) is 4.59. The average Bonchev–Trinajstić information content (AvgIpc) is 2.77. The molecule has 0 aromatic heterocycles. The van der Waals surface area contributed by atoms with Crippen molar-refractivity contribution in [2.24, 2.45) is 0 Å². The highest BCUT2D eigenvalue weighted by Gasteiger charge is 2.17. The van der Waals surface area contributed by atoms with Gasteiger partial charge in [-0.2, -0.15) is 0 Å². The van der Waals surface area contributed by atoms with Gasteiger partial charge in [-0.25, -0.2) is 0 Å². The summed E-state index contributed by atoms with van der Waals surface area (Å²) in [5, 5.41) is 15.2. The SMILES string of the molecule is C#CCOc1ccc(CCNC(=O)C(O)c2ccc3ccccc3c2)cc1OC. The first-order valence-electron chi connectivity index (χ1n) is 9.30. The summed E-state index contributed by atoms with van der Waals surface area (Å²) in [4.78, 5) is 12.3. The Labute approximate surface area is 170 Å². The maximum Gasteiger partial charge on any atom is 0.253 e. The first-order valence-corrected chi connectivity index (χ1v) is 9.30. The van der Waals surface area contributed by atoms with E-state index in [-0.39, 0.29) is 6.61 Å². The maximum atomic E-state index is 12.3. The van der Waals surface area contributed by atoms with Gasteiger partial charge in [-0.05, 0) is 46.5 Å². The summed E-state index contributed by atoms with van der Waals surface area (Å²) in [7, 11) is 1.56. The second-order valence-corrected chi connectivity index (χ2v) is 6.53. The molecular formula is C24H23NO4. The van der Waals surface area contributed by atoms with Gasteiger partial charge in [0.2, 0.25) is 0 Å². The summed E-state index contributed by atoms with van der Waals surface area (Å²) >= 11 is 0. The number of carbonyl (C=O) groups is 1. The molecule has 3 aromatic rings. The number of rotatable bonds is 8. The minimum absolute atomic E-state index is 0.165. The fourth-order valence-electron chi connectivity index (χ4n) is 3.06. The lowest BCUT2D eigenvalue weighted by molar-refractivity contribution is -0.129. The van der Waals surface area contributed by atoms with E-state index in [0.29, 0.717) is 30.0 Å². The van der Waals surface area contributed by atoms with Gasteiger partial charge in [0.25, 0.3) is 5.91 Å². The molecule has 2 N–H and O–H groups in total. The van der Waals surface area contributed by atoms with E-state index in [9.17, 15) is 9.90 Å². The van der Waals surface area contributed by atoms with Gasteiger partial charge in [-0.3, -0.25) is 4.79 Å². The van der Waals surface area contributed by atoms with Crippen molar-refractivity contribution in [1.82, 2.24) is 5.32 Å². The predicted octanol–water partition coefficient (Wildman–Crippen LogP) is 3.25. The Morgan fingerprint density at radius 3 is 2.66 bits per heavy atom. The summed E-state index contributed by atoms with van der Waals surface area (Å²) in [6.07, 6.45) is 4.58. The number of amides is 1. The molecule has 0 aliphatic heterocycles. The zero-order valence-corrected chi connectivity index (χ0v) is 16.2. The van der Waals surface area contributed by atoms with E-state index in [2.05, 4.69) is 11.2 Å². The highest BCUT2D eigenvalue weighted by atomic mass is 16.5. The van der Waals surface area contributed by atoms with E-state index in [0.717, 1.165) is 16.3 Å². The summed E-state index contributed by atoms with van der Waals surface area (Å²) < 4.78 is 10.7. The normalized spacial score (nSPS) is 11.5. The third-order valence-corrected chi connectivity index (χ3v) is 4.59. The zero-order chi connectivity index (χ0) is 20.6. The first-order chi connectivity index (χ1) is 14.1. The molecule has 0 aliphatic rings. The van der Waals surface area contributed by atoms with Crippen LogP contribution in [0.2, 0.25) is 0 Å². The molecule has 0 fully saturated rings. The first kappa shape index (κ1) is 20.2. The number of hydrogen-bond acceptors (Lipinski definition) is 4. The number of terminal acetylenes is 1. The molecule has 1 unspecified atom stereocenters. The summed E-state index contributed by atoms with van der Waals surface area (Å²) in [6, 6.07) is 18.8. The van der Waals surface area contributed by atoms with E-state index in [4.69, 9.17) is 15.9 Å². The minimum Gasteiger partial charge on any atom is -0.493 e. The van der Waals surface area contributed by atoms with Gasteiger partial charge in [0.1, 0.15) is 6.61 Å². The predicted molar refractivity (Wildman–Crippen MR) is 113 cm³/mol. The van der Waals surface area contributed by atoms with Gasteiger partial charge in [0, 0.05) is 6.54 Å². The molecule has 1 amide bonds. The standard InChI is InChI=1S/C24H23NO4/c1-3-14-29-21-11-8-17(15-22(21)28-2)12-13-25-24(27)23(26)20-10-9-18-6-4-5-7-19(18)16-20/h1,4-11,15-16,23,26H,12-14H2,2H3,(H,25,27). The molecule has 1 atom stereocenters. The van der Waals surface area contributed by atoms with E-state index < -0.39 is 12.0 Å². The van der Waals surface area contributed by atoms with Crippen molar-refractivity contribution in [1.29, 1.82) is 0 Å². The number of benzene rings is 3. The Morgan fingerprint density at radius 1 is 1.10 bits per heavy atom. The highest BCUT2D eigenvalue weighted by molar-refractivity contribution is 5.86. The van der Waals surface area contributed by atoms with Crippen molar-refractivity contribution >= 4 is 16.7 Å². The molecule has 0 saturated heterocycles. The van der Waals surface area contributed by atoms with Crippen LogP contribution < -0.4 is 14.8 Å². The Balaban J connectivity index is 1.58. The van der Waals surface area contributed by atoms with Crippen LogP contribution in [0.25, 0.3) is 10.8 Å². The molecule has 5 nitrogen and oxygen atoms in total. The molecule has 0 bridgehead atoms. The molecule has 0 heterocycles. The van der Waals surface area contributed by atoms with Crippen LogP contribution in [0.5, 0.6) is 11.5 Å². The van der Waals surface area contributed by atoms with Gasteiger partial charge >= 0.3 is 0 Å². The summed E-state index contributed by atoms with van der Waals surface area (Å²) in [6.45, 7) is 0.551. The van der Waals surface area contributed by atoms with Gasteiger partial charge < -0.3 is 19.9 Å². The van der Waals surface area contributed by atoms with Crippen LogP contribution in [0, 0.1) is 12.3 Å². The van der Waals surface area contributed by atoms with Crippen LogP contribution in [0.3, 0.4) is 0 Å². The number of methoxy groups -OCH3 is 1. The lowest BCUT2D eigenvalue weighted by atomic mass is 10.0. The monoisotopic (exact) mass is 389 g/mol. The van der Waals surface area contributed by atoms with Crippen LogP contribution in [0.1, 0.15) is 17.2 Å².